The van der Waals surface area contributed by atoms with E-state index in [1.807, 2.05) is 0 Å². The van der Waals surface area contributed by atoms with Gasteiger partial charge in [0, 0.05) is 12.6 Å². The first-order valence-electron chi connectivity index (χ1n) is 5.22. The Hall–Kier alpha value is -0.220. The van der Waals surface area contributed by atoms with Crippen molar-refractivity contribution in [1.29, 1.82) is 0 Å². The van der Waals surface area contributed by atoms with Crippen molar-refractivity contribution in [2.24, 2.45) is 0 Å². The number of halogens is 2. The average molecular weight is 209 g/mol. The molecular weight excluding hydrogens is 188 g/mol. The molecule has 0 aliphatic rings. The zero-order chi connectivity index (χ0) is 10.8. The van der Waals surface area contributed by atoms with Crippen molar-refractivity contribution in [3.63, 3.8) is 0 Å². The van der Waals surface area contributed by atoms with Gasteiger partial charge >= 0.3 is 0 Å². The zero-order valence-electron chi connectivity index (χ0n) is 9.06. The van der Waals surface area contributed by atoms with E-state index in [1.165, 1.54) is 0 Å². The molecule has 14 heavy (non-hydrogen) atoms. The van der Waals surface area contributed by atoms with Crippen LogP contribution in [0, 0.1) is 0 Å². The van der Waals surface area contributed by atoms with E-state index < -0.39 is 13.0 Å². The second-order valence-corrected chi connectivity index (χ2v) is 3.64. The Labute approximate surface area is 85.0 Å². The Bertz CT molecular complexity index is 107. The standard InChI is InChI=1S/C10H21F2NO/c1-9(2)13-6-4-3-5-7-14-8-10(11)12/h9-10,13H,3-8H2,1-2H3. The Morgan fingerprint density at radius 1 is 1.14 bits per heavy atom. The van der Waals surface area contributed by atoms with E-state index in [0.29, 0.717) is 12.6 Å². The molecule has 0 radical (unpaired) electrons. The molecule has 0 aliphatic heterocycles. The Morgan fingerprint density at radius 3 is 2.43 bits per heavy atom. The van der Waals surface area contributed by atoms with Gasteiger partial charge in [-0.2, -0.15) is 0 Å². The summed E-state index contributed by atoms with van der Waals surface area (Å²) in [6.07, 6.45) is 0.642. The summed E-state index contributed by atoms with van der Waals surface area (Å²) < 4.78 is 28.0. The molecule has 2 nitrogen and oxygen atoms in total. The number of nitrogens with one attached hydrogen (secondary N) is 1. The predicted molar refractivity (Wildman–Crippen MR) is 53.8 cm³/mol. The van der Waals surface area contributed by atoms with Crippen LogP contribution < -0.4 is 5.32 Å². The normalized spacial score (nSPS) is 11.6. The molecule has 4 heteroatoms. The third kappa shape index (κ3) is 11.8. The molecule has 0 saturated carbocycles. The van der Waals surface area contributed by atoms with Gasteiger partial charge < -0.3 is 10.1 Å². The van der Waals surface area contributed by atoms with Gasteiger partial charge in [-0.15, -0.1) is 0 Å². The number of ether oxygens (including phenoxy) is 1. The topological polar surface area (TPSA) is 21.3 Å². The van der Waals surface area contributed by atoms with Crippen molar-refractivity contribution in [2.75, 3.05) is 19.8 Å². The van der Waals surface area contributed by atoms with E-state index in [9.17, 15) is 8.78 Å². The number of hydrogen-bond donors (Lipinski definition) is 1. The van der Waals surface area contributed by atoms with Gasteiger partial charge in [-0.05, 0) is 25.8 Å². The first-order valence-corrected chi connectivity index (χ1v) is 5.22. The lowest BCUT2D eigenvalue weighted by atomic mass is 10.2. The minimum atomic E-state index is -2.34. The maximum atomic E-state index is 11.6. The molecule has 0 aromatic carbocycles. The molecule has 0 unspecified atom stereocenters. The molecule has 0 amide bonds. The van der Waals surface area contributed by atoms with Gasteiger partial charge in [0.1, 0.15) is 6.61 Å². The van der Waals surface area contributed by atoms with Crippen LogP contribution in [0.2, 0.25) is 0 Å². The molecular formula is C10H21F2NO. The monoisotopic (exact) mass is 209 g/mol. The van der Waals surface area contributed by atoms with E-state index in [-0.39, 0.29) is 0 Å². The lowest BCUT2D eigenvalue weighted by Crippen LogP contribution is -2.23. The van der Waals surface area contributed by atoms with Crippen LogP contribution in [0.5, 0.6) is 0 Å². The minimum Gasteiger partial charge on any atom is -0.376 e. The van der Waals surface area contributed by atoms with Crippen LogP contribution in [0.25, 0.3) is 0 Å². The first kappa shape index (κ1) is 13.8. The van der Waals surface area contributed by atoms with Crippen LogP contribution >= 0.6 is 0 Å². The van der Waals surface area contributed by atoms with Gasteiger partial charge in [0.15, 0.2) is 0 Å². The van der Waals surface area contributed by atoms with Crippen LogP contribution in [0.4, 0.5) is 8.78 Å². The maximum Gasteiger partial charge on any atom is 0.261 e. The molecule has 0 aromatic heterocycles. The third-order valence-corrected chi connectivity index (χ3v) is 1.76. The fraction of sp³-hybridized carbons (Fsp3) is 1.00. The summed E-state index contributed by atoms with van der Waals surface area (Å²) in [5.41, 5.74) is 0. The van der Waals surface area contributed by atoms with Crippen molar-refractivity contribution in [2.45, 2.75) is 45.6 Å². The first-order chi connectivity index (χ1) is 6.63. The van der Waals surface area contributed by atoms with Gasteiger partial charge in [0.2, 0.25) is 0 Å². The molecule has 0 aliphatic carbocycles. The highest BCUT2D eigenvalue weighted by Crippen LogP contribution is 1.98. The maximum absolute atomic E-state index is 11.6. The summed E-state index contributed by atoms with van der Waals surface area (Å²) in [5, 5.41) is 3.29. The van der Waals surface area contributed by atoms with Crippen LogP contribution in [0.15, 0.2) is 0 Å². The van der Waals surface area contributed by atoms with Gasteiger partial charge in [-0.3, -0.25) is 0 Å². The number of unbranched alkanes of at least 4 members (excludes halogenated alkanes) is 2. The Kier molecular flexibility index (Phi) is 9.19. The van der Waals surface area contributed by atoms with Crippen molar-refractivity contribution in [1.82, 2.24) is 5.32 Å². The fourth-order valence-electron chi connectivity index (χ4n) is 1.07. The molecule has 86 valence electrons. The summed E-state index contributed by atoms with van der Waals surface area (Å²) in [6.45, 7) is 5.22. The molecule has 0 aromatic rings. The van der Waals surface area contributed by atoms with E-state index in [0.717, 1.165) is 25.8 Å². The molecule has 0 atom stereocenters. The van der Waals surface area contributed by atoms with Crippen molar-refractivity contribution < 1.29 is 13.5 Å². The highest BCUT2D eigenvalue weighted by molar-refractivity contribution is 4.52. The average Bonchev–Trinajstić information content (AvgIpc) is 2.08. The minimum absolute atomic E-state index is 0.426. The summed E-state index contributed by atoms with van der Waals surface area (Å²) in [7, 11) is 0. The van der Waals surface area contributed by atoms with Crippen molar-refractivity contribution >= 4 is 0 Å². The van der Waals surface area contributed by atoms with E-state index in [4.69, 9.17) is 4.74 Å². The van der Waals surface area contributed by atoms with E-state index in [2.05, 4.69) is 19.2 Å². The van der Waals surface area contributed by atoms with Gasteiger partial charge in [0.25, 0.3) is 6.43 Å². The fourth-order valence-corrected chi connectivity index (χ4v) is 1.07. The van der Waals surface area contributed by atoms with E-state index >= 15 is 0 Å². The summed E-state index contributed by atoms with van der Waals surface area (Å²) in [6, 6.07) is 0.519. The second-order valence-electron chi connectivity index (χ2n) is 3.64. The number of hydrogen-bond acceptors (Lipinski definition) is 2. The summed E-state index contributed by atoms with van der Waals surface area (Å²) >= 11 is 0. The van der Waals surface area contributed by atoms with Crippen LogP contribution in [-0.2, 0) is 4.74 Å². The highest BCUT2D eigenvalue weighted by atomic mass is 19.3. The summed E-state index contributed by atoms with van der Waals surface area (Å²) in [4.78, 5) is 0. The van der Waals surface area contributed by atoms with Crippen molar-refractivity contribution in [3.8, 4) is 0 Å². The van der Waals surface area contributed by atoms with E-state index in [1.54, 1.807) is 0 Å². The lowest BCUT2D eigenvalue weighted by Gasteiger charge is -2.07. The van der Waals surface area contributed by atoms with Crippen LogP contribution in [0.1, 0.15) is 33.1 Å². The smallest absolute Gasteiger partial charge is 0.261 e. The highest BCUT2D eigenvalue weighted by Gasteiger charge is 2.00. The molecule has 0 heterocycles. The quantitative estimate of drug-likeness (QED) is 0.589. The third-order valence-electron chi connectivity index (χ3n) is 1.76. The Morgan fingerprint density at radius 2 is 1.86 bits per heavy atom. The zero-order valence-corrected chi connectivity index (χ0v) is 9.06. The lowest BCUT2D eigenvalue weighted by molar-refractivity contribution is 0.0162. The molecule has 0 bridgehead atoms. The van der Waals surface area contributed by atoms with Crippen LogP contribution in [-0.4, -0.2) is 32.2 Å². The second kappa shape index (κ2) is 9.34. The molecule has 0 fully saturated rings. The molecule has 0 spiro atoms. The van der Waals surface area contributed by atoms with Gasteiger partial charge in [-0.1, -0.05) is 13.8 Å². The molecule has 1 N–H and O–H groups in total. The number of alkyl halides is 2. The predicted octanol–water partition coefficient (Wildman–Crippen LogP) is 2.44. The number of rotatable bonds is 9. The molecule has 0 saturated heterocycles. The summed E-state index contributed by atoms with van der Waals surface area (Å²) in [5.74, 6) is 0. The van der Waals surface area contributed by atoms with Crippen molar-refractivity contribution in [3.05, 3.63) is 0 Å². The SMILES string of the molecule is CC(C)NCCCCCOCC(F)F. The molecule has 0 rings (SSSR count). The van der Waals surface area contributed by atoms with Gasteiger partial charge in [-0.25, -0.2) is 8.78 Å². The Balaban J connectivity index is 2.92. The van der Waals surface area contributed by atoms with Gasteiger partial charge in [0.05, 0.1) is 0 Å². The van der Waals surface area contributed by atoms with Crippen LogP contribution in [0.3, 0.4) is 0 Å². The largest absolute Gasteiger partial charge is 0.376 e.